The molecule has 20 heavy (non-hydrogen) atoms. The second kappa shape index (κ2) is 4.16. The fourth-order valence-corrected chi connectivity index (χ4v) is 2.56. The molecule has 100 valence electrons. The van der Waals surface area contributed by atoms with Gasteiger partial charge < -0.3 is 20.0 Å². The van der Waals surface area contributed by atoms with Crippen LogP contribution in [-0.4, -0.2) is 16.6 Å². The van der Waals surface area contributed by atoms with Crippen LogP contribution in [0, 0.1) is 0 Å². The first-order valence-corrected chi connectivity index (χ1v) is 6.50. The number of hydrogen-bond donors (Lipinski definition) is 3. The quantitative estimate of drug-likeness (QED) is 0.634. The first-order valence-electron chi connectivity index (χ1n) is 6.50. The van der Waals surface area contributed by atoms with Crippen molar-refractivity contribution in [3.8, 4) is 5.75 Å². The zero-order chi connectivity index (χ0) is 13.5. The molecule has 3 N–H and O–H groups in total. The first kappa shape index (κ1) is 11.2. The Morgan fingerprint density at radius 2 is 1.90 bits per heavy atom. The summed E-state index contributed by atoms with van der Waals surface area (Å²) in [5.41, 5.74) is 3.52. The highest BCUT2D eigenvalue weighted by Gasteiger charge is 2.20. The van der Waals surface area contributed by atoms with Crippen LogP contribution in [0.15, 0.2) is 47.3 Å². The van der Waals surface area contributed by atoms with Gasteiger partial charge in [-0.15, -0.1) is 0 Å². The van der Waals surface area contributed by atoms with E-state index in [1.54, 1.807) is 0 Å². The van der Waals surface area contributed by atoms with Gasteiger partial charge in [0.25, 0.3) is 0 Å². The molecule has 1 aliphatic rings. The number of aromatic nitrogens is 2. The maximum Gasteiger partial charge on any atom is 0.323 e. The third-order valence-corrected chi connectivity index (χ3v) is 3.56. The van der Waals surface area contributed by atoms with Crippen molar-refractivity contribution < 1.29 is 4.74 Å². The molecule has 4 rings (SSSR count). The van der Waals surface area contributed by atoms with Crippen LogP contribution >= 0.6 is 0 Å². The summed E-state index contributed by atoms with van der Waals surface area (Å²) in [6.45, 7) is 0.567. The normalized spacial score (nSPS) is 17.3. The number of rotatable bonds is 1. The molecular formula is C15H13N3O2. The fourth-order valence-electron chi connectivity index (χ4n) is 2.56. The summed E-state index contributed by atoms with van der Waals surface area (Å²) in [5, 5.41) is 3.46. The zero-order valence-corrected chi connectivity index (χ0v) is 10.6. The Bertz CT molecular complexity index is 834. The number of ether oxygens (including phenoxy) is 1. The Morgan fingerprint density at radius 1 is 1.05 bits per heavy atom. The number of hydrogen-bond acceptors (Lipinski definition) is 3. The summed E-state index contributed by atoms with van der Waals surface area (Å²) in [6.07, 6.45) is 0. The average molecular weight is 267 g/mol. The van der Waals surface area contributed by atoms with Crippen molar-refractivity contribution >= 4 is 16.7 Å². The third-order valence-electron chi connectivity index (χ3n) is 3.56. The molecule has 1 unspecified atom stereocenters. The summed E-state index contributed by atoms with van der Waals surface area (Å²) in [4.78, 5) is 16.8. The number of anilines is 1. The van der Waals surface area contributed by atoms with Crippen molar-refractivity contribution in [1.82, 2.24) is 9.97 Å². The lowest BCUT2D eigenvalue weighted by Gasteiger charge is -2.27. The van der Waals surface area contributed by atoms with E-state index in [0.717, 1.165) is 28.0 Å². The largest absolute Gasteiger partial charge is 0.489 e. The number of imidazole rings is 1. The maximum absolute atomic E-state index is 11.3. The van der Waals surface area contributed by atoms with Crippen LogP contribution in [0.25, 0.3) is 11.0 Å². The smallest absolute Gasteiger partial charge is 0.323 e. The summed E-state index contributed by atoms with van der Waals surface area (Å²) < 4.78 is 5.77. The van der Waals surface area contributed by atoms with E-state index < -0.39 is 0 Å². The van der Waals surface area contributed by atoms with E-state index >= 15 is 0 Å². The van der Waals surface area contributed by atoms with Crippen molar-refractivity contribution in [3.63, 3.8) is 0 Å². The molecule has 5 heteroatoms. The van der Waals surface area contributed by atoms with Gasteiger partial charge in [-0.25, -0.2) is 4.79 Å². The van der Waals surface area contributed by atoms with Gasteiger partial charge in [0.15, 0.2) is 0 Å². The molecule has 1 aromatic heterocycles. The Hall–Kier alpha value is -2.69. The first-order chi connectivity index (χ1) is 9.79. The van der Waals surface area contributed by atoms with Gasteiger partial charge in [0.05, 0.1) is 22.8 Å². The number of H-pyrrole nitrogens is 2. The van der Waals surface area contributed by atoms with Crippen LogP contribution in [0.5, 0.6) is 5.75 Å². The van der Waals surface area contributed by atoms with E-state index in [0.29, 0.717) is 6.61 Å². The molecule has 0 saturated heterocycles. The Morgan fingerprint density at radius 3 is 2.85 bits per heavy atom. The summed E-state index contributed by atoms with van der Waals surface area (Å²) in [5.74, 6) is 0.875. The van der Waals surface area contributed by atoms with Crippen molar-refractivity contribution in [2.45, 2.75) is 6.04 Å². The number of aromatic amines is 2. The van der Waals surface area contributed by atoms with Gasteiger partial charge in [0, 0.05) is 0 Å². The summed E-state index contributed by atoms with van der Waals surface area (Å²) in [7, 11) is 0. The van der Waals surface area contributed by atoms with E-state index in [2.05, 4.69) is 15.3 Å². The number of benzene rings is 2. The lowest BCUT2D eigenvalue weighted by Crippen LogP contribution is -2.23. The lowest BCUT2D eigenvalue weighted by molar-refractivity contribution is 0.286. The Balaban J connectivity index is 1.71. The van der Waals surface area contributed by atoms with Crippen molar-refractivity contribution in [2.24, 2.45) is 0 Å². The number of para-hydroxylation sites is 2. The van der Waals surface area contributed by atoms with E-state index in [1.165, 1.54) is 0 Å². The minimum atomic E-state index is -0.185. The molecule has 0 aliphatic carbocycles. The van der Waals surface area contributed by atoms with Crippen molar-refractivity contribution in [1.29, 1.82) is 0 Å². The van der Waals surface area contributed by atoms with E-state index in [4.69, 9.17) is 4.74 Å². The second-order valence-electron chi connectivity index (χ2n) is 4.89. The molecule has 2 heterocycles. The van der Waals surface area contributed by atoms with Gasteiger partial charge in [-0.3, -0.25) is 0 Å². The van der Waals surface area contributed by atoms with Crippen LogP contribution in [0.1, 0.15) is 11.6 Å². The van der Waals surface area contributed by atoms with E-state index in [-0.39, 0.29) is 11.7 Å². The molecule has 0 spiro atoms. The SMILES string of the molecule is O=c1[nH]c2ccc(C3COc4ccccc4N3)cc2[nH]1. The van der Waals surface area contributed by atoms with Gasteiger partial charge >= 0.3 is 5.69 Å². The molecule has 1 atom stereocenters. The average Bonchev–Trinajstić information content (AvgIpc) is 2.85. The molecule has 3 aromatic rings. The predicted molar refractivity (Wildman–Crippen MR) is 77.2 cm³/mol. The minimum Gasteiger partial charge on any atom is -0.489 e. The van der Waals surface area contributed by atoms with Crippen LogP contribution in [-0.2, 0) is 0 Å². The van der Waals surface area contributed by atoms with Crippen molar-refractivity contribution in [2.75, 3.05) is 11.9 Å². The molecule has 0 amide bonds. The third kappa shape index (κ3) is 1.75. The van der Waals surface area contributed by atoms with Gasteiger partial charge in [-0.2, -0.15) is 0 Å². The molecule has 0 saturated carbocycles. The maximum atomic E-state index is 11.3. The van der Waals surface area contributed by atoms with Gasteiger partial charge in [0.2, 0.25) is 0 Å². The second-order valence-corrected chi connectivity index (χ2v) is 4.89. The molecule has 2 aromatic carbocycles. The Labute approximate surface area is 114 Å². The lowest BCUT2D eigenvalue weighted by atomic mass is 10.1. The standard InChI is InChI=1S/C15H13N3O2/c19-15-17-10-6-5-9(7-12(10)18-15)13-8-20-14-4-2-1-3-11(14)16-13/h1-7,13,16H,8H2,(H2,17,18,19). The molecule has 0 radical (unpaired) electrons. The molecule has 1 aliphatic heterocycles. The van der Waals surface area contributed by atoms with Gasteiger partial charge in [0.1, 0.15) is 12.4 Å². The molecule has 0 fully saturated rings. The predicted octanol–water partition coefficient (Wildman–Crippen LogP) is 2.40. The van der Waals surface area contributed by atoms with Crippen LogP contribution in [0.2, 0.25) is 0 Å². The summed E-state index contributed by atoms with van der Waals surface area (Å²) in [6, 6.07) is 13.8. The van der Waals surface area contributed by atoms with Crippen LogP contribution < -0.4 is 15.7 Å². The minimum absolute atomic E-state index is 0.0766. The Kier molecular flexibility index (Phi) is 2.32. The van der Waals surface area contributed by atoms with Gasteiger partial charge in [-0.1, -0.05) is 18.2 Å². The highest BCUT2D eigenvalue weighted by molar-refractivity contribution is 5.75. The van der Waals surface area contributed by atoms with Crippen LogP contribution in [0.4, 0.5) is 5.69 Å². The van der Waals surface area contributed by atoms with E-state index in [1.807, 2.05) is 42.5 Å². The zero-order valence-electron chi connectivity index (χ0n) is 10.6. The molecule has 0 bridgehead atoms. The highest BCUT2D eigenvalue weighted by atomic mass is 16.5. The van der Waals surface area contributed by atoms with Crippen molar-refractivity contribution in [3.05, 3.63) is 58.5 Å². The van der Waals surface area contributed by atoms with E-state index in [9.17, 15) is 4.79 Å². The summed E-state index contributed by atoms with van der Waals surface area (Å²) >= 11 is 0. The van der Waals surface area contributed by atoms with Crippen LogP contribution in [0.3, 0.4) is 0 Å². The highest BCUT2D eigenvalue weighted by Crippen LogP contribution is 2.33. The van der Waals surface area contributed by atoms with Gasteiger partial charge in [-0.05, 0) is 29.8 Å². The molecular weight excluding hydrogens is 254 g/mol. The monoisotopic (exact) mass is 267 g/mol. The topological polar surface area (TPSA) is 69.9 Å². The number of nitrogens with one attached hydrogen (secondary N) is 3. The fraction of sp³-hybridized carbons (Fsp3) is 0.133. The molecule has 5 nitrogen and oxygen atoms in total. The number of fused-ring (bicyclic) bond motifs is 2.